The minimum atomic E-state index is 0.0445. The lowest BCUT2D eigenvalue weighted by atomic mass is 9.75. The first kappa shape index (κ1) is 15.8. The summed E-state index contributed by atoms with van der Waals surface area (Å²) >= 11 is 0. The Balaban J connectivity index is 2.17. The Hall–Kier alpha value is -1.59. The molecule has 0 bridgehead atoms. The van der Waals surface area contributed by atoms with Crippen LogP contribution in [0.25, 0.3) is 0 Å². The largest absolute Gasteiger partial charge is 0.461 e. The molecule has 0 radical (unpaired) electrons. The molecule has 0 unspecified atom stereocenters. The molecule has 0 aliphatic heterocycles. The van der Waals surface area contributed by atoms with E-state index >= 15 is 0 Å². The topological polar surface area (TPSA) is 72.0 Å². The number of anilines is 2. The maximum Gasteiger partial charge on any atom is 0.323 e. The van der Waals surface area contributed by atoms with E-state index in [0.29, 0.717) is 17.9 Å². The van der Waals surface area contributed by atoms with Gasteiger partial charge in [0, 0.05) is 12.1 Å². The van der Waals surface area contributed by atoms with Gasteiger partial charge in [0.25, 0.3) is 0 Å². The van der Waals surface area contributed by atoms with Crippen LogP contribution in [0.4, 0.5) is 11.9 Å². The van der Waals surface area contributed by atoms with Crippen LogP contribution >= 0.6 is 0 Å². The van der Waals surface area contributed by atoms with Crippen molar-refractivity contribution in [3.05, 3.63) is 0 Å². The molecule has 21 heavy (non-hydrogen) atoms. The first-order valence-electron chi connectivity index (χ1n) is 8.01. The monoisotopic (exact) mass is 293 g/mol. The van der Waals surface area contributed by atoms with Crippen molar-refractivity contribution in [1.29, 1.82) is 0 Å². The Labute approximate surface area is 127 Å². The summed E-state index contributed by atoms with van der Waals surface area (Å²) in [5.74, 6) is 1.19. The average Bonchev–Trinajstić information content (AvgIpc) is 2.39. The summed E-state index contributed by atoms with van der Waals surface area (Å²) in [6.45, 7) is 9.09. The first-order chi connectivity index (χ1) is 10.1. The fourth-order valence-corrected chi connectivity index (χ4v) is 2.40. The summed E-state index contributed by atoms with van der Waals surface area (Å²) in [7, 11) is 0. The van der Waals surface area contributed by atoms with Crippen molar-refractivity contribution < 1.29 is 4.74 Å². The summed E-state index contributed by atoms with van der Waals surface area (Å²) in [6, 6.07) is 0.381. The van der Waals surface area contributed by atoms with Gasteiger partial charge in [-0.3, -0.25) is 0 Å². The van der Waals surface area contributed by atoms with Gasteiger partial charge in [-0.25, -0.2) is 0 Å². The lowest BCUT2D eigenvalue weighted by molar-refractivity contribution is 0.221. The molecule has 0 aromatic carbocycles. The Morgan fingerprint density at radius 3 is 2.38 bits per heavy atom. The summed E-state index contributed by atoms with van der Waals surface area (Å²) in [5.41, 5.74) is 0.151. The van der Waals surface area contributed by atoms with Crippen LogP contribution in [0.5, 0.6) is 6.01 Å². The number of nitrogens with one attached hydrogen (secondary N) is 2. The Morgan fingerprint density at radius 1 is 1.14 bits per heavy atom. The number of ether oxygens (including phenoxy) is 1. The molecule has 6 heteroatoms. The highest BCUT2D eigenvalue weighted by Crippen LogP contribution is 2.37. The first-order valence-corrected chi connectivity index (χ1v) is 8.01. The summed E-state index contributed by atoms with van der Waals surface area (Å²) in [4.78, 5) is 13.2. The molecule has 0 saturated heterocycles. The van der Waals surface area contributed by atoms with E-state index in [1.165, 1.54) is 19.3 Å². The second-order valence-corrected chi connectivity index (χ2v) is 5.97. The van der Waals surface area contributed by atoms with Crippen molar-refractivity contribution in [2.24, 2.45) is 0 Å². The molecule has 1 aliphatic rings. The summed E-state index contributed by atoms with van der Waals surface area (Å²) < 4.78 is 5.63. The molecule has 0 spiro atoms. The molecule has 6 nitrogen and oxygen atoms in total. The maximum atomic E-state index is 5.63. The van der Waals surface area contributed by atoms with Crippen molar-refractivity contribution in [2.75, 3.05) is 17.2 Å². The van der Waals surface area contributed by atoms with E-state index in [0.717, 1.165) is 19.4 Å². The zero-order valence-corrected chi connectivity index (χ0v) is 13.6. The molecule has 0 atom stereocenters. The van der Waals surface area contributed by atoms with Crippen molar-refractivity contribution in [3.63, 3.8) is 0 Å². The Kier molecular flexibility index (Phi) is 5.20. The van der Waals surface area contributed by atoms with Crippen LogP contribution < -0.4 is 15.4 Å². The SMILES string of the molecule is CCCNc1nc(NC2(CC)CCC2)nc(OC(C)C)n1. The quantitative estimate of drug-likeness (QED) is 0.766. The van der Waals surface area contributed by atoms with Gasteiger partial charge in [-0.2, -0.15) is 15.0 Å². The molecule has 1 fully saturated rings. The van der Waals surface area contributed by atoms with Crippen LogP contribution in [0, 0.1) is 0 Å². The average molecular weight is 293 g/mol. The normalized spacial score (nSPS) is 16.4. The van der Waals surface area contributed by atoms with Gasteiger partial charge in [0.15, 0.2) is 0 Å². The molecule has 1 saturated carbocycles. The van der Waals surface area contributed by atoms with E-state index in [2.05, 4.69) is 39.4 Å². The smallest absolute Gasteiger partial charge is 0.323 e. The standard InChI is InChI=1S/C15H27N5O/c1-5-10-16-12-17-13(19-14(18-12)21-11(3)4)20-15(6-2)8-7-9-15/h11H,5-10H2,1-4H3,(H2,16,17,18,19,20). The van der Waals surface area contributed by atoms with Crippen LogP contribution in [0.2, 0.25) is 0 Å². The molecule has 1 heterocycles. The van der Waals surface area contributed by atoms with E-state index in [9.17, 15) is 0 Å². The van der Waals surface area contributed by atoms with Crippen molar-refractivity contribution >= 4 is 11.9 Å². The highest BCUT2D eigenvalue weighted by Gasteiger charge is 2.35. The minimum Gasteiger partial charge on any atom is -0.461 e. The van der Waals surface area contributed by atoms with Crippen LogP contribution in [0.15, 0.2) is 0 Å². The molecule has 0 amide bonds. The molecule has 1 aromatic heterocycles. The van der Waals surface area contributed by atoms with Crippen molar-refractivity contribution in [2.45, 2.75) is 71.4 Å². The highest BCUT2D eigenvalue weighted by atomic mass is 16.5. The predicted octanol–water partition coefficient (Wildman–Crippen LogP) is 3.23. The number of rotatable bonds is 8. The third kappa shape index (κ3) is 4.19. The second-order valence-electron chi connectivity index (χ2n) is 5.97. The van der Waals surface area contributed by atoms with Crippen LogP contribution in [0.1, 0.15) is 59.8 Å². The number of hydrogen-bond acceptors (Lipinski definition) is 6. The van der Waals surface area contributed by atoms with Gasteiger partial charge in [0.1, 0.15) is 0 Å². The molecular weight excluding hydrogens is 266 g/mol. The van der Waals surface area contributed by atoms with Gasteiger partial charge in [-0.15, -0.1) is 0 Å². The minimum absolute atomic E-state index is 0.0445. The Bertz CT molecular complexity index is 454. The zero-order chi connectivity index (χ0) is 15.3. The Morgan fingerprint density at radius 2 is 1.86 bits per heavy atom. The van der Waals surface area contributed by atoms with Gasteiger partial charge in [0.05, 0.1) is 6.10 Å². The summed E-state index contributed by atoms with van der Waals surface area (Å²) in [5, 5.41) is 6.70. The van der Waals surface area contributed by atoms with E-state index in [-0.39, 0.29) is 11.6 Å². The van der Waals surface area contributed by atoms with Gasteiger partial charge < -0.3 is 15.4 Å². The van der Waals surface area contributed by atoms with Gasteiger partial charge in [-0.1, -0.05) is 13.8 Å². The van der Waals surface area contributed by atoms with Crippen LogP contribution in [0.3, 0.4) is 0 Å². The third-order valence-corrected chi connectivity index (χ3v) is 3.85. The molecule has 2 rings (SSSR count). The van der Waals surface area contributed by atoms with E-state index in [1.807, 2.05) is 13.8 Å². The molecule has 2 N–H and O–H groups in total. The summed E-state index contributed by atoms with van der Waals surface area (Å²) in [6.07, 6.45) is 5.76. The second kappa shape index (κ2) is 6.91. The number of aromatic nitrogens is 3. The van der Waals surface area contributed by atoms with E-state index < -0.39 is 0 Å². The van der Waals surface area contributed by atoms with E-state index in [4.69, 9.17) is 4.74 Å². The molecule has 1 aromatic rings. The predicted molar refractivity (Wildman–Crippen MR) is 84.9 cm³/mol. The highest BCUT2D eigenvalue weighted by molar-refractivity contribution is 5.38. The van der Waals surface area contributed by atoms with Gasteiger partial charge >= 0.3 is 6.01 Å². The van der Waals surface area contributed by atoms with Crippen LogP contribution in [-0.2, 0) is 0 Å². The molecule has 118 valence electrons. The lowest BCUT2D eigenvalue weighted by Gasteiger charge is -2.42. The maximum absolute atomic E-state index is 5.63. The number of nitrogens with zero attached hydrogens (tertiary/aromatic N) is 3. The number of hydrogen-bond donors (Lipinski definition) is 2. The van der Waals surface area contributed by atoms with Crippen molar-refractivity contribution in [1.82, 2.24) is 15.0 Å². The van der Waals surface area contributed by atoms with Gasteiger partial charge in [-0.05, 0) is 46.0 Å². The molecule has 1 aliphatic carbocycles. The van der Waals surface area contributed by atoms with E-state index in [1.54, 1.807) is 0 Å². The van der Waals surface area contributed by atoms with Crippen LogP contribution in [-0.4, -0.2) is 33.1 Å². The lowest BCUT2D eigenvalue weighted by Crippen LogP contribution is -2.44. The fourth-order valence-electron chi connectivity index (χ4n) is 2.40. The fraction of sp³-hybridized carbons (Fsp3) is 0.800. The van der Waals surface area contributed by atoms with Crippen molar-refractivity contribution in [3.8, 4) is 6.01 Å². The van der Waals surface area contributed by atoms with Gasteiger partial charge in [0.2, 0.25) is 11.9 Å². The zero-order valence-electron chi connectivity index (χ0n) is 13.6. The molecular formula is C15H27N5O. The third-order valence-electron chi connectivity index (χ3n) is 3.85.